The number of ether oxygens (including phenoxy) is 3. The molecule has 0 aliphatic carbocycles. The van der Waals surface area contributed by atoms with E-state index >= 15 is 0 Å². The number of rotatable bonds is 8. The summed E-state index contributed by atoms with van der Waals surface area (Å²) in [5.41, 5.74) is 1.04. The van der Waals surface area contributed by atoms with E-state index in [-0.39, 0.29) is 0 Å². The average molecular weight is 314 g/mol. The van der Waals surface area contributed by atoms with Gasteiger partial charge in [-0.3, -0.25) is 0 Å². The maximum atomic E-state index is 11.9. The van der Waals surface area contributed by atoms with Gasteiger partial charge in [-0.2, -0.15) is 0 Å². The molecular formula is C19H22O4. The van der Waals surface area contributed by atoms with Crippen molar-refractivity contribution in [1.82, 2.24) is 0 Å². The van der Waals surface area contributed by atoms with Crippen LogP contribution >= 0.6 is 0 Å². The molecule has 0 amide bonds. The Balaban J connectivity index is 1.91. The predicted molar refractivity (Wildman–Crippen MR) is 88.3 cm³/mol. The molecule has 23 heavy (non-hydrogen) atoms. The minimum atomic E-state index is -0.756. The SMILES string of the molecule is CCCCOC(Cc1ccccc1)OC(=O)Oc1ccccc1. The summed E-state index contributed by atoms with van der Waals surface area (Å²) in [5, 5.41) is 0. The monoisotopic (exact) mass is 314 g/mol. The lowest BCUT2D eigenvalue weighted by atomic mass is 10.1. The zero-order valence-electron chi connectivity index (χ0n) is 13.3. The second-order valence-corrected chi connectivity index (χ2v) is 5.13. The smallest absolute Gasteiger partial charge is 0.404 e. The van der Waals surface area contributed by atoms with Gasteiger partial charge in [0.25, 0.3) is 0 Å². The third kappa shape index (κ3) is 6.53. The average Bonchev–Trinajstić information content (AvgIpc) is 2.57. The molecule has 0 fully saturated rings. The molecule has 1 atom stereocenters. The van der Waals surface area contributed by atoms with E-state index in [9.17, 15) is 4.79 Å². The van der Waals surface area contributed by atoms with E-state index in [2.05, 4.69) is 6.92 Å². The van der Waals surface area contributed by atoms with E-state index in [1.165, 1.54) is 0 Å². The highest BCUT2D eigenvalue weighted by molar-refractivity contribution is 5.63. The molecule has 4 heteroatoms. The molecule has 0 radical (unpaired) electrons. The molecule has 4 nitrogen and oxygen atoms in total. The third-order valence-corrected chi connectivity index (χ3v) is 3.22. The normalized spacial score (nSPS) is 11.7. The number of para-hydroxylation sites is 1. The molecule has 0 aliphatic rings. The second kappa shape index (κ2) is 9.64. The van der Waals surface area contributed by atoms with Gasteiger partial charge in [0.15, 0.2) is 0 Å². The number of carbonyl (C=O) groups excluding carboxylic acids is 1. The summed E-state index contributed by atoms with van der Waals surface area (Å²) in [5.74, 6) is 0.449. The molecule has 2 rings (SSSR count). The van der Waals surface area contributed by atoms with Gasteiger partial charge >= 0.3 is 6.16 Å². The lowest BCUT2D eigenvalue weighted by molar-refractivity contribution is -0.113. The van der Waals surface area contributed by atoms with Crippen molar-refractivity contribution >= 4 is 6.16 Å². The maximum absolute atomic E-state index is 11.9. The molecule has 0 aliphatic heterocycles. The predicted octanol–water partition coefficient (Wildman–Crippen LogP) is 4.59. The zero-order chi connectivity index (χ0) is 16.3. The molecule has 1 unspecified atom stereocenters. The van der Waals surface area contributed by atoms with Crippen LogP contribution in [0.4, 0.5) is 4.79 Å². The Morgan fingerprint density at radius 1 is 1.00 bits per heavy atom. The van der Waals surface area contributed by atoms with Gasteiger partial charge in [-0.05, 0) is 24.1 Å². The largest absolute Gasteiger partial charge is 0.516 e. The Morgan fingerprint density at radius 2 is 1.65 bits per heavy atom. The van der Waals surface area contributed by atoms with Crippen LogP contribution in [-0.2, 0) is 15.9 Å². The zero-order valence-corrected chi connectivity index (χ0v) is 13.3. The van der Waals surface area contributed by atoms with Gasteiger partial charge in [0.1, 0.15) is 5.75 Å². The van der Waals surface area contributed by atoms with Crippen LogP contribution in [0.15, 0.2) is 60.7 Å². The fourth-order valence-corrected chi connectivity index (χ4v) is 2.02. The fraction of sp³-hybridized carbons (Fsp3) is 0.316. The van der Waals surface area contributed by atoms with E-state index in [1.807, 2.05) is 36.4 Å². The summed E-state index contributed by atoms with van der Waals surface area (Å²) in [4.78, 5) is 11.9. The van der Waals surface area contributed by atoms with Gasteiger partial charge < -0.3 is 14.2 Å². The quantitative estimate of drug-likeness (QED) is 0.309. The molecule has 2 aromatic carbocycles. The van der Waals surface area contributed by atoms with Crippen LogP contribution in [0, 0.1) is 0 Å². The molecule has 0 N–H and O–H groups in total. The number of carbonyl (C=O) groups is 1. The Bertz CT molecular complexity index is 568. The Hall–Kier alpha value is -2.33. The van der Waals surface area contributed by atoms with Crippen molar-refractivity contribution in [3.63, 3.8) is 0 Å². The summed E-state index contributed by atoms with van der Waals surface area (Å²) in [7, 11) is 0. The first kappa shape index (κ1) is 17.0. The number of hydrogen-bond acceptors (Lipinski definition) is 4. The molecule has 0 saturated heterocycles. The second-order valence-electron chi connectivity index (χ2n) is 5.13. The Labute approximate surface area is 137 Å². The number of benzene rings is 2. The standard InChI is InChI=1S/C19H22O4/c1-2-3-14-21-18(15-16-10-6-4-7-11-16)23-19(20)22-17-12-8-5-9-13-17/h4-13,18H,2-3,14-15H2,1H3. The van der Waals surface area contributed by atoms with E-state index in [0.29, 0.717) is 18.8 Å². The minimum Gasteiger partial charge on any atom is -0.404 e. The van der Waals surface area contributed by atoms with Gasteiger partial charge in [0.2, 0.25) is 6.29 Å². The van der Waals surface area contributed by atoms with Crippen LogP contribution in [0.2, 0.25) is 0 Å². The van der Waals surface area contributed by atoms with Crippen LogP contribution < -0.4 is 4.74 Å². The summed E-state index contributed by atoms with van der Waals surface area (Å²) < 4.78 is 16.1. The maximum Gasteiger partial charge on any atom is 0.516 e. The molecule has 122 valence electrons. The lowest BCUT2D eigenvalue weighted by Gasteiger charge is -2.18. The summed E-state index contributed by atoms with van der Waals surface area (Å²) in [6.45, 7) is 2.63. The van der Waals surface area contributed by atoms with Crippen LogP contribution in [0.25, 0.3) is 0 Å². The van der Waals surface area contributed by atoms with Crippen LogP contribution in [0.3, 0.4) is 0 Å². The van der Waals surface area contributed by atoms with Gasteiger partial charge in [0.05, 0.1) is 6.61 Å². The first-order valence-electron chi connectivity index (χ1n) is 7.87. The lowest BCUT2D eigenvalue weighted by Crippen LogP contribution is -2.26. The van der Waals surface area contributed by atoms with E-state index in [4.69, 9.17) is 14.2 Å². The van der Waals surface area contributed by atoms with Crippen molar-refractivity contribution < 1.29 is 19.0 Å². The van der Waals surface area contributed by atoms with Gasteiger partial charge in [-0.25, -0.2) is 4.79 Å². The van der Waals surface area contributed by atoms with Crippen molar-refractivity contribution in [3.05, 3.63) is 66.2 Å². The summed E-state index contributed by atoms with van der Waals surface area (Å²) in [6, 6.07) is 18.6. The van der Waals surface area contributed by atoms with E-state index in [0.717, 1.165) is 18.4 Å². The fourth-order valence-electron chi connectivity index (χ4n) is 2.02. The highest BCUT2D eigenvalue weighted by Gasteiger charge is 2.17. The van der Waals surface area contributed by atoms with Crippen LogP contribution in [-0.4, -0.2) is 19.1 Å². The molecule has 0 bridgehead atoms. The van der Waals surface area contributed by atoms with Gasteiger partial charge in [0, 0.05) is 6.42 Å². The van der Waals surface area contributed by atoms with Crippen molar-refractivity contribution in [2.75, 3.05) is 6.61 Å². The van der Waals surface area contributed by atoms with E-state index in [1.54, 1.807) is 24.3 Å². The summed E-state index contributed by atoms with van der Waals surface area (Å²) in [6.07, 6.45) is 1.03. The summed E-state index contributed by atoms with van der Waals surface area (Å²) >= 11 is 0. The van der Waals surface area contributed by atoms with Crippen molar-refractivity contribution in [2.45, 2.75) is 32.5 Å². The van der Waals surface area contributed by atoms with Crippen molar-refractivity contribution in [3.8, 4) is 5.75 Å². The Kier molecular flexibility index (Phi) is 7.14. The van der Waals surface area contributed by atoms with Crippen LogP contribution in [0.1, 0.15) is 25.3 Å². The third-order valence-electron chi connectivity index (χ3n) is 3.22. The van der Waals surface area contributed by atoms with E-state index < -0.39 is 12.4 Å². The molecule has 0 saturated carbocycles. The molecular weight excluding hydrogens is 292 g/mol. The first-order valence-corrected chi connectivity index (χ1v) is 7.87. The minimum absolute atomic E-state index is 0.449. The first-order chi connectivity index (χ1) is 11.3. The van der Waals surface area contributed by atoms with Crippen LogP contribution in [0.5, 0.6) is 5.75 Å². The molecule has 0 heterocycles. The number of hydrogen-bond donors (Lipinski definition) is 0. The Morgan fingerprint density at radius 3 is 2.30 bits per heavy atom. The highest BCUT2D eigenvalue weighted by Crippen LogP contribution is 2.13. The van der Waals surface area contributed by atoms with Gasteiger partial charge in [-0.15, -0.1) is 0 Å². The van der Waals surface area contributed by atoms with Gasteiger partial charge in [-0.1, -0.05) is 61.9 Å². The van der Waals surface area contributed by atoms with Crippen molar-refractivity contribution in [1.29, 1.82) is 0 Å². The number of unbranched alkanes of at least 4 members (excludes halogenated alkanes) is 1. The molecule has 2 aromatic rings. The van der Waals surface area contributed by atoms with Crippen molar-refractivity contribution in [2.24, 2.45) is 0 Å². The topological polar surface area (TPSA) is 44.8 Å². The highest BCUT2D eigenvalue weighted by atomic mass is 16.8. The molecule has 0 aromatic heterocycles. The molecule has 0 spiro atoms.